The molecule has 7 atom stereocenters. The highest BCUT2D eigenvalue weighted by molar-refractivity contribution is 5.88. The summed E-state index contributed by atoms with van der Waals surface area (Å²) in [5.41, 5.74) is 6.87. The highest BCUT2D eigenvalue weighted by Crippen LogP contribution is 2.32. The van der Waals surface area contributed by atoms with Gasteiger partial charge in [0.15, 0.2) is 5.78 Å². The molecule has 7 unspecified atom stereocenters. The van der Waals surface area contributed by atoms with Crippen LogP contribution in [0, 0.1) is 5.92 Å². The first-order valence-corrected chi connectivity index (χ1v) is 9.90. The molecule has 0 amide bonds. The van der Waals surface area contributed by atoms with Gasteiger partial charge in [-0.05, 0) is 19.3 Å². The fraction of sp³-hybridized carbons (Fsp3) is 0.941. The van der Waals surface area contributed by atoms with Crippen LogP contribution in [-0.4, -0.2) is 86.9 Å². The second kappa shape index (κ2) is 7.40. The molecule has 4 N–H and O–H groups in total. The third kappa shape index (κ3) is 3.20. The maximum absolute atomic E-state index is 12.7. The van der Waals surface area contributed by atoms with Crippen LogP contribution in [0.3, 0.4) is 0 Å². The number of carbonyl (C=O) groups is 1. The normalized spacial score (nSPS) is 47.4. The maximum Gasteiger partial charge on any atom is 0.171 e. The Kier molecular flexibility index (Phi) is 4.97. The van der Waals surface area contributed by atoms with Crippen molar-refractivity contribution < 1.29 is 19.0 Å². The molecule has 0 radical (unpaired) electrons. The predicted molar refractivity (Wildman–Crippen MR) is 91.9 cm³/mol. The number of Topliss-reactive ketones (excluding diaryl/α,β-unsaturated/α-hetero) is 1. The topological polar surface area (TPSA) is 96.1 Å². The molecule has 0 bridgehead atoms. The van der Waals surface area contributed by atoms with Gasteiger partial charge >= 0.3 is 0 Å². The summed E-state index contributed by atoms with van der Waals surface area (Å²) in [6.07, 6.45) is 2.67. The summed E-state index contributed by atoms with van der Waals surface area (Å²) in [5, 5.41) is 6.94. The average Bonchev–Trinajstić information content (AvgIpc) is 3.23. The van der Waals surface area contributed by atoms with Crippen LogP contribution in [0.1, 0.15) is 19.3 Å². The number of hydrogen-bond acceptors (Lipinski definition) is 9. The van der Waals surface area contributed by atoms with Crippen LogP contribution >= 0.6 is 0 Å². The van der Waals surface area contributed by atoms with Gasteiger partial charge in [-0.25, -0.2) is 10.9 Å². The van der Waals surface area contributed by atoms with Crippen molar-refractivity contribution >= 4 is 5.78 Å². The smallest absolute Gasteiger partial charge is 0.171 e. The number of nitrogens with one attached hydrogen (secondary N) is 4. The van der Waals surface area contributed by atoms with Crippen LogP contribution in [0.15, 0.2) is 0 Å². The Morgan fingerprint density at radius 1 is 1.04 bits per heavy atom. The van der Waals surface area contributed by atoms with E-state index in [2.05, 4.69) is 26.4 Å². The minimum Gasteiger partial charge on any atom is -0.373 e. The first-order chi connectivity index (χ1) is 12.8. The zero-order valence-electron chi connectivity index (χ0n) is 15.0. The van der Waals surface area contributed by atoms with Crippen LogP contribution in [-0.2, 0) is 19.0 Å². The molecule has 1 saturated carbocycles. The molecule has 0 spiro atoms. The van der Waals surface area contributed by atoms with Crippen molar-refractivity contribution in [2.24, 2.45) is 5.92 Å². The lowest BCUT2D eigenvalue weighted by molar-refractivity contribution is -0.192. The Morgan fingerprint density at radius 2 is 1.96 bits per heavy atom. The van der Waals surface area contributed by atoms with E-state index >= 15 is 0 Å². The zero-order valence-corrected chi connectivity index (χ0v) is 15.0. The van der Waals surface area contributed by atoms with Gasteiger partial charge < -0.3 is 19.5 Å². The van der Waals surface area contributed by atoms with Crippen LogP contribution < -0.4 is 21.5 Å². The van der Waals surface area contributed by atoms with Crippen LogP contribution in [0.4, 0.5) is 0 Å². The van der Waals surface area contributed by atoms with Gasteiger partial charge in [-0.3, -0.25) is 15.0 Å². The number of hydrogen-bond donors (Lipinski definition) is 4. The van der Waals surface area contributed by atoms with Gasteiger partial charge in [-0.1, -0.05) is 0 Å². The van der Waals surface area contributed by atoms with Crippen molar-refractivity contribution in [3.63, 3.8) is 0 Å². The van der Waals surface area contributed by atoms with Gasteiger partial charge in [0.05, 0.1) is 44.1 Å². The molecule has 0 aromatic heterocycles. The molecule has 1 aliphatic carbocycles. The second-order valence-corrected chi connectivity index (χ2v) is 7.93. The van der Waals surface area contributed by atoms with Crippen molar-refractivity contribution in [3.8, 4) is 0 Å². The van der Waals surface area contributed by atoms with E-state index in [4.69, 9.17) is 14.2 Å². The number of carbonyl (C=O) groups excluding carboxylic acids is 1. The molecule has 5 aliphatic rings. The predicted octanol–water partition coefficient (Wildman–Crippen LogP) is -1.88. The number of fused-ring (bicyclic) bond motifs is 2. The van der Waals surface area contributed by atoms with Gasteiger partial charge in [0.1, 0.15) is 12.3 Å². The molecule has 26 heavy (non-hydrogen) atoms. The summed E-state index contributed by atoms with van der Waals surface area (Å²) in [6.45, 7) is 4.63. The van der Waals surface area contributed by atoms with Gasteiger partial charge in [0, 0.05) is 25.8 Å². The lowest BCUT2D eigenvalue weighted by Gasteiger charge is -2.48. The standard InChI is InChI=1S/C17H29N5O4/c23-15-10-8-26-17(19-12(10)7-13-16(15)25-6-5-24-13)11-1-2-14(21-20-11)22-4-3-18-9-22/h10-14,16-21H,1-9H2. The zero-order chi connectivity index (χ0) is 17.5. The van der Waals surface area contributed by atoms with Crippen LogP contribution in [0.2, 0.25) is 0 Å². The van der Waals surface area contributed by atoms with E-state index in [1.54, 1.807) is 0 Å². The third-order valence-electron chi connectivity index (χ3n) is 6.39. The Labute approximate surface area is 153 Å². The van der Waals surface area contributed by atoms with Crippen molar-refractivity contribution in [1.29, 1.82) is 0 Å². The van der Waals surface area contributed by atoms with E-state index in [0.29, 0.717) is 26.0 Å². The number of rotatable bonds is 2. The van der Waals surface area contributed by atoms with Crippen molar-refractivity contribution in [1.82, 2.24) is 26.4 Å². The highest BCUT2D eigenvalue weighted by Gasteiger charge is 2.49. The van der Waals surface area contributed by atoms with Crippen LogP contribution in [0.25, 0.3) is 0 Å². The molecular formula is C17H29N5O4. The van der Waals surface area contributed by atoms with E-state index in [9.17, 15) is 4.79 Å². The molecule has 5 fully saturated rings. The minimum atomic E-state index is -0.406. The fourth-order valence-corrected chi connectivity index (χ4v) is 4.91. The Balaban J connectivity index is 1.17. The van der Waals surface area contributed by atoms with E-state index in [0.717, 1.165) is 39.0 Å². The van der Waals surface area contributed by atoms with Gasteiger partial charge in [-0.2, -0.15) is 0 Å². The Hall–Kier alpha value is -0.650. The number of hydrazine groups is 1. The summed E-state index contributed by atoms with van der Waals surface area (Å²) in [5.74, 6) is 0.00222. The monoisotopic (exact) mass is 367 g/mol. The lowest BCUT2D eigenvalue weighted by atomic mass is 9.78. The van der Waals surface area contributed by atoms with Gasteiger partial charge in [0.25, 0.3) is 0 Å². The fourth-order valence-electron chi connectivity index (χ4n) is 4.91. The third-order valence-corrected chi connectivity index (χ3v) is 6.39. The molecule has 0 aromatic carbocycles. The molecular weight excluding hydrogens is 338 g/mol. The largest absolute Gasteiger partial charge is 0.373 e. The van der Waals surface area contributed by atoms with Crippen molar-refractivity contribution in [3.05, 3.63) is 0 Å². The minimum absolute atomic E-state index is 0.0877. The molecule has 4 saturated heterocycles. The summed E-state index contributed by atoms with van der Waals surface area (Å²) >= 11 is 0. The van der Waals surface area contributed by atoms with E-state index in [1.807, 2.05) is 0 Å². The summed E-state index contributed by atoms with van der Waals surface area (Å²) in [6, 6.07) is 0.297. The quantitative estimate of drug-likeness (QED) is 0.447. The highest BCUT2D eigenvalue weighted by atomic mass is 16.6. The lowest BCUT2D eigenvalue weighted by Crippen LogP contribution is -2.69. The van der Waals surface area contributed by atoms with E-state index in [1.165, 1.54) is 0 Å². The Bertz CT molecular complexity index is 523. The van der Waals surface area contributed by atoms with Gasteiger partial charge in [0.2, 0.25) is 0 Å². The SMILES string of the molecule is O=C1C2COC(C3CCC(N4CCNC4)NN3)NC2CC2OCCOC12. The molecule has 9 nitrogen and oxygen atoms in total. The van der Waals surface area contributed by atoms with Crippen LogP contribution in [0.5, 0.6) is 0 Å². The number of nitrogens with zero attached hydrogens (tertiary/aromatic N) is 1. The Morgan fingerprint density at radius 3 is 2.77 bits per heavy atom. The van der Waals surface area contributed by atoms with Crippen molar-refractivity contribution in [2.45, 2.75) is 55.9 Å². The first kappa shape index (κ1) is 17.4. The molecule has 4 heterocycles. The number of ether oxygens (including phenoxy) is 3. The summed E-state index contributed by atoms with van der Waals surface area (Å²) < 4.78 is 17.5. The average molecular weight is 367 g/mol. The molecule has 5 rings (SSSR count). The van der Waals surface area contributed by atoms with E-state index < -0.39 is 6.10 Å². The summed E-state index contributed by atoms with van der Waals surface area (Å²) in [4.78, 5) is 15.1. The van der Waals surface area contributed by atoms with E-state index in [-0.39, 0.29) is 36.1 Å². The first-order valence-electron chi connectivity index (χ1n) is 9.90. The maximum atomic E-state index is 12.7. The summed E-state index contributed by atoms with van der Waals surface area (Å²) in [7, 11) is 0. The molecule has 0 aromatic rings. The molecule has 4 aliphatic heterocycles. The van der Waals surface area contributed by atoms with Gasteiger partial charge in [-0.15, -0.1) is 0 Å². The second-order valence-electron chi connectivity index (χ2n) is 7.93. The number of ketones is 1. The molecule has 9 heteroatoms. The molecule has 146 valence electrons. The van der Waals surface area contributed by atoms with Crippen molar-refractivity contribution in [2.75, 3.05) is 39.6 Å².